The van der Waals surface area contributed by atoms with Gasteiger partial charge in [-0.15, -0.1) is 0 Å². The van der Waals surface area contributed by atoms with Crippen molar-refractivity contribution in [3.8, 4) is 5.75 Å². The predicted octanol–water partition coefficient (Wildman–Crippen LogP) is 0.329. The number of phenolic OH excluding ortho intramolecular Hbond substituents is 1. The van der Waals surface area contributed by atoms with Crippen molar-refractivity contribution in [3.63, 3.8) is 0 Å². The van der Waals surface area contributed by atoms with Crippen LogP contribution in [0.1, 0.15) is 22.3 Å². The summed E-state index contributed by atoms with van der Waals surface area (Å²) in [6, 6.07) is 4.69. The van der Waals surface area contributed by atoms with Crippen LogP contribution in [0.4, 0.5) is 0 Å². The maximum absolute atomic E-state index is 12.3. The summed E-state index contributed by atoms with van der Waals surface area (Å²) in [5, 5.41) is 18.6. The second-order valence-corrected chi connectivity index (χ2v) is 4.89. The van der Waals surface area contributed by atoms with Gasteiger partial charge in [0.05, 0.1) is 0 Å². The van der Waals surface area contributed by atoms with E-state index in [1.165, 1.54) is 11.0 Å². The Bertz CT molecular complexity index is 543. The zero-order valence-electron chi connectivity index (χ0n) is 10.6. The molecule has 1 fully saturated rings. The van der Waals surface area contributed by atoms with Gasteiger partial charge in [-0.05, 0) is 25.5 Å². The summed E-state index contributed by atoms with van der Waals surface area (Å²) in [6.45, 7) is 1.93. The number of carbonyl (C=O) groups is 2. The number of hydrogen-bond donors (Lipinski definition) is 3. The first-order valence-electron chi connectivity index (χ1n) is 5.95. The van der Waals surface area contributed by atoms with Gasteiger partial charge in [-0.1, -0.05) is 6.07 Å². The third-order valence-electron chi connectivity index (χ3n) is 3.55. The Kier molecular flexibility index (Phi) is 3.20. The molecule has 1 aromatic rings. The number of aliphatic carboxylic acids is 1. The van der Waals surface area contributed by atoms with E-state index in [4.69, 9.17) is 10.8 Å². The number of carbonyl (C=O) groups excluding carboxylic acids is 1. The zero-order chi connectivity index (χ0) is 14.2. The Morgan fingerprint density at radius 2 is 2.11 bits per heavy atom. The van der Waals surface area contributed by atoms with Crippen molar-refractivity contribution in [3.05, 3.63) is 29.3 Å². The van der Waals surface area contributed by atoms with Gasteiger partial charge in [0.15, 0.2) is 0 Å². The van der Waals surface area contributed by atoms with Crippen LogP contribution >= 0.6 is 0 Å². The third-order valence-corrected chi connectivity index (χ3v) is 3.55. The molecule has 1 aromatic carbocycles. The van der Waals surface area contributed by atoms with E-state index in [9.17, 15) is 14.7 Å². The number of aromatic hydroxyl groups is 1. The van der Waals surface area contributed by atoms with Gasteiger partial charge in [-0.2, -0.15) is 0 Å². The summed E-state index contributed by atoms with van der Waals surface area (Å²) in [5.41, 5.74) is 5.21. The molecule has 6 heteroatoms. The van der Waals surface area contributed by atoms with Gasteiger partial charge in [0, 0.05) is 24.2 Å². The predicted molar refractivity (Wildman–Crippen MR) is 67.9 cm³/mol. The summed E-state index contributed by atoms with van der Waals surface area (Å²) in [7, 11) is 0. The highest BCUT2D eigenvalue weighted by atomic mass is 16.4. The van der Waals surface area contributed by atoms with Gasteiger partial charge in [0.25, 0.3) is 5.91 Å². The third kappa shape index (κ3) is 2.26. The Hall–Kier alpha value is -2.08. The maximum Gasteiger partial charge on any atom is 0.325 e. The number of phenols is 1. The van der Waals surface area contributed by atoms with Gasteiger partial charge in [0.2, 0.25) is 0 Å². The molecular weight excluding hydrogens is 248 g/mol. The van der Waals surface area contributed by atoms with Crippen LogP contribution in [0.2, 0.25) is 0 Å². The van der Waals surface area contributed by atoms with Gasteiger partial charge >= 0.3 is 5.97 Å². The SMILES string of the molecule is Cc1c(O)cccc1C(=O)N1CCC(N)(C(=O)O)C1. The minimum atomic E-state index is -1.37. The summed E-state index contributed by atoms with van der Waals surface area (Å²) in [4.78, 5) is 24.8. The lowest BCUT2D eigenvalue weighted by Crippen LogP contribution is -2.50. The second-order valence-electron chi connectivity index (χ2n) is 4.89. The van der Waals surface area contributed by atoms with E-state index in [1.807, 2.05) is 0 Å². The van der Waals surface area contributed by atoms with E-state index < -0.39 is 11.5 Å². The molecule has 1 aliphatic heterocycles. The Labute approximate surface area is 110 Å². The fourth-order valence-corrected chi connectivity index (χ4v) is 2.21. The van der Waals surface area contributed by atoms with E-state index >= 15 is 0 Å². The van der Waals surface area contributed by atoms with Crippen LogP contribution in [0.5, 0.6) is 5.75 Å². The lowest BCUT2D eigenvalue weighted by atomic mass is 10.0. The average molecular weight is 264 g/mol. The normalized spacial score (nSPS) is 22.5. The van der Waals surface area contributed by atoms with E-state index in [2.05, 4.69) is 0 Å². The summed E-state index contributed by atoms with van der Waals surface area (Å²) in [5.74, 6) is -1.36. The number of amides is 1. The lowest BCUT2D eigenvalue weighted by Gasteiger charge is -2.21. The molecule has 0 bridgehead atoms. The largest absolute Gasteiger partial charge is 0.508 e. The van der Waals surface area contributed by atoms with Crippen molar-refractivity contribution in [2.24, 2.45) is 5.73 Å². The lowest BCUT2D eigenvalue weighted by molar-refractivity contribution is -0.142. The summed E-state index contributed by atoms with van der Waals surface area (Å²) < 4.78 is 0. The number of hydrogen-bond acceptors (Lipinski definition) is 4. The molecule has 1 aliphatic rings. The van der Waals surface area contributed by atoms with Gasteiger partial charge in [-0.3, -0.25) is 9.59 Å². The van der Waals surface area contributed by atoms with Crippen molar-refractivity contribution in [1.82, 2.24) is 4.90 Å². The molecule has 2 rings (SSSR count). The quantitative estimate of drug-likeness (QED) is 0.714. The topological polar surface area (TPSA) is 104 Å². The first-order valence-corrected chi connectivity index (χ1v) is 5.95. The van der Waals surface area contributed by atoms with Crippen molar-refractivity contribution in [2.45, 2.75) is 18.9 Å². The minimum Gasteiger partial charge on any atom is -0.508 e. The fourth-order valence-electron chi connectivity index (χ4n) is 2.21. The molecule has 6 nitrogen and oxygen atoms in total. The van der Waals surface area contributed by atoms with Crippen LogP contribution in [0, 0.1) is 6.92 Å². The zero-order valence-corrected chi connectivity index (χ0v) is 10.6. The second kappa shape index (κ2) is 4.55. The van der Waals surface area contributed by atoms with Gasteiger partial charge in [-0.25, -0.2) is 0 Å². The Morgan fingerprint density at radius 3 is 2.68 bits per heavy atom. The molecule has 1 heterocycles. The minimum absolute atomic E-state index is 0.0176. The molecule has 4 N–H and O–H groups in total. The first kappa shape index (κ1) is 13.4. The monoisotopic (exact) mass is 264 g/mol. The van der Waals surface area contributed by atoms with Gasteiger partial charge in [0.1, 0.15) is 11.3 Å². The molecule has 1 amide bonds. The molecule has 1 atom stereocenters. The average Bonchev–Trinajstić information content (AvgIpc) is 2.76. The summed E-state index contributed by atoms with van der Waals surface area (Å²) in [6.07, 6.45) is 0.228. The van der Waals surface area contributed by atoms with E-state index in [0.717, 1.165) is 0 Å². The van der Waals surface area contributed by atoms with E-state index in [0.29, 0.717) is 17.7 Å². The van der Waals surface area contributed by atoms with Crippen molar-refractivity contribution in [2.75, 3.05) is 13.1 Å². The number of nitrogens with zero attached hydrogens (tertiary/aromatic N) is 1. The van der Waals surface area contributed by atoms with Crippen LogP contribution in [-0.4, -0.2) is 45.6 Å². The van der Waals surface area contributed by atoms with Crippen molar-refractivity contribution < 1.29 is 19.8 Å². The molecule has 0 aliphatic carbocycles. The Balaban J connectivity index is 2.23. The molecule has 19 heavy (non-hydrogen) atoms. The van der Waals surface area contributed by atoms with Crippen LogP contribution in [0.3, 0.4) is 0 Å². The van der Waals surface area contributed by atoms with Gasteiger partial charge < -0.3 is 20.8 Å². The van der Waals surface area contributed by atoms with Crippen molar-refractivity contribution >= 4 is 11.9 Å². The van der Waals surface area contributed by atoms with E-state index in [-0.39, 0.29) is 24.6 Å². The molecule has 0 aromatic heterocycles. The summed E-state index contributed by atoms with van der Waals surface area (Å²) >= 11 is 0. The molecule has 0 spiro atoms. The molecular formula is C13H16N2O4. The number of rotatable bonds is 2. The van der Waals surface area contributed by atoms with Crippen LogP contribution in [0.15, 0.2) is 18.2 Å². The fraction of sp³-hybridized carbons (Fsp3) is 0.385. The van der Waals surface area contributed by atoms with Crippen LogP contribution in [-0.2, 0) is 4.79 Å². The molecule has 1 unspecified atom stereocenters. The highest BCUT2D eigenvalue weighted by Gasteiger charge is 2.43. The number of benzene rings is 1. The number of nitrogens with two attached hydrogens (primary N) is 1. The van der Waals surface area contributed by atoms with Crippen LogP contribution in [0.25, 0.3) is 0 Å². The van der Waals surface area contributed by atoms with E-state index in [1.54, 1.807) is 19.1 Å². The highest BCUT2D eigenvalue weighted by molar-refractivity contribution is 5.97. The Morgan fingerprint density at radius 1 is 1.42 bits per heavy atom. The number of carboxylic acid groups (broad SMARTS) is 1. The molecule has 1 saturated heterocycles. The van der Waals surface area contributed by atoms with Crippen LogP contribution < -0.4 is 5.73 Å². The molecule has 0 radical (unpaired) electrons. The highest BCUT2D eigenvalue weighted by Crippen LogP contribution is 2.25. The number of carboxylic acids is 1. The number of likely N-dealkylation sites (tertiary alicyclic amines) is 1. The molecule has 102 valence electrons. The van der Waals surface area contributed by atoms with Crippen molar-refractivity contribution in [1.29, 1.82) is 0 Å². The maximum atomic E-state index is 12.3. The first-order chi connectivity index (χ1) is 8.85. The smallest absolute Gasteiger partial charge is 0.325 e. The molecule has 0 saturated carbocycles. The standard InChI is InChI=1S/C13H16N2O4/c1-8-9(3-2-4-10(8)16)11(17)15-6-5-13(14,7-15)12(18)19/h2-4,16H,5-7,14H2,1H3,(H,18,19).